The van der Waals surface area contributed by atoms with Gasteiger partial charge in [-0.05, 0) is 25.1 Å². The first-order valence-electron chi connectivity index (χ1n) is 5.49. The second-order valence-corrected chi connectivity index (χ2v) is 3.40. The van der Waals surface area contributed by atoms with Gasteiger partial charge in [0.1, 0.15) is 5.75 Å². The third kappa shape index (κ3) is 3.96. The maximum Gasteiger partial charge on any atom is 0.340 e. The van der Waals surface area contributed by atoms with Gasteiger partial charge in [-0.15, -0.1) is 0 Å². The van der Waals surface area contributed by atoms with E-state index in [2.05, 4.69) is 0 Å². The number of benzene rings is 1. The van der Waals surface area contributed by atoms with E-state index in [0.717, 1.165) is 0 Å². The number of carbonyl (C=O) groups excluding carboxylic acids is 1. The van der Waals surface area contributed by atoms with Gasteiger partial charge < -0.3 is 20.3 Å². The molecule has 3 N–H and O–H groups in total. The topological polar surface area (TPSA) is 81.8 Å². The highest BCUT2D eigenvalue weighted by Crippen LogP contribution is 2.20. The first kappa shape index (κ1) is 13.3. The average Bonchev–Trinajstić information content (AvgIpc) is 2.32. The predicted molar refractivity (Wildman–Crippen MR) is 64.0 cm³/mol. The van der Waals surface area contributed by atoms with Crippen LogP contribution in [0, 0.1) is 0 Å². The minimum absolute atomic E-state index is 0.0692. The van der Waals surface area contributed by atoms with Gasteiger partial charge in [0.05, 0.1) is 18.8 Å². The monoisotopic (exact) mass is 239 g/mol. The van der Waals surface area contributed by atoms with Gasteiger partial charge in [0, 0.05) is 18.7 Å². The van der Waals surface area contributed by atoms with Crippen LogP contribution in [0.1, 0.15) is 23.7 Å². The summed E-state index contributed by atoms with van der Waals surface area (Å²) in [7, 11) is 0. The van der Waals surface area contributed by atoms with Crippen molar-refractivity contribution in [2.75, 3.05) is 25.6 Å². The zero-order valence-corrected chi connectivity index (χ0v) is 9.81. The molecule has 0 heterocycles. The Kier molecular flexibility index (Phi) is 5.29. The average molecular weight is 239 g/mol. The van der Waals surface area contributed by atoms with Crippen LogP contribution in [0.15, 0.2) is 18.2 Å². The molecular weight excluding hydrogens is 222 g/mol. The largest absolute Gasteiger partial charge is 0.493 e. The smallest absolute Gasteiger partial charge is 0.340 e. The molecule has 1 rings (SSSR count). The van der Waals surface area contributed by atoms with Crippen molar-refractivity contribution in [2.45, 2.75) is 13.3 Å². The van der Waals surface area contributed by atoms with Crippen LogP contribution in [-0.2, 0) is 4.74 Å². The number of rotatable bonds is 6. The first-order valence-corrected chi connectivity index (χ1v) is 5.49. The molecule has 0 aromatic heterocycles. The summed E-state index contributed by atoms with van der Waals surface area (Å²) in [5.74, 6) is 0.0771. The highest BCUT2D eigenvalue weighted by Gasteiger charge is 2.11. The third-order valence-electron chi connectivity index (χ3n) is 2.09. The molecule has 0 spiro atoms. The first-order chi connectivity index (χ1) is 8.19. The van der Waals surface area contributed by atoms with Crippen molar-refractivity contribution in [2.24, 2.45) is 0 Å². The molecule has 0 bridgehead atoms. The molecule has 1 aromatic carbocycles. The number of aliphatic hydroxyl groups excluding tert-OH is 1. The number of hydrogen-bond acceptors (Lipinski definition) is 5. The van der Waals surface area contributed by atoms with Crippen LogP contribution in [0.5, 0.6) is 5.75 Å². The molecule has 0 saturated carbocycles. The summed E-state index contributed by atoms with van der Waals surface area (Å²) >= 11 is 0. The highest BCUT2D eigenvalue weighted by atomic mass is 16.5. The Hall–Kier alpha value is -1.75. The van der Waals surface area contributed by atoms with Gasteiger partial charge >= 0.3 is 5.97 Å². The molecule has 0 saturated heterocycles. The van der Waals surface area contributed by atoms with Crippen LogP contribution in [-0.4, -0.2) is 30.9 Å². The Bertz CT molecular complexity index is 379. The Labute approximate surface area is 100 Å². The van der Waals surface area contributed by atoms with Crippen molar-refractivity contribution < 1.29 is 19.4 Å². The van der Waals surface area contributed by atoms with E-state index in [4.69, 9.17) is 20.3 Å². The maximum absolute atomic E-state index is 11.5. The zero-order valence-electron chi connectivity index (χ0n) is 9.81. The lowest BCUT2D eigenvalue weighted by molar-refractivity contribution is 0.0527. The van der Waals surface area contributed by atoms with Gasteiger partial charge in [0.25, 0.3) is 0 Å². The number of anilines is 1. The van der Waals surface area contributed by atoms with Crippen molar-refractivity contribution in [1.82, 2.24) is 0 Å². The van der Waals surface area contributed by atoms with E-state index < -0.39 is 5.97 Å². The molecule has 17 heavy (non-hydrogen) atoms. The van der Waals surface area contributed by atoms with Crippen molar-refractivity contribution in [3.63, 3.8) is 0 Å². The molecular formula is C12H17NO4. The number of carbonyl (C=O) groups is 1. The maximum atomic E-state index is 11.5. The Balaban J connectivity index is 2.75. The van der Waals surface area contributed by atoms with Crippen LogP contribution >= 0.6 is 0 Å². The molecule has 1 aromatic rings. The summed E-state index contributed by atoms with van der Waals surface area (Å²) < 4.78 is 10.2. The molecule has 0 radical (unpaired) electrons. The SMILES string of the molecule is CCOC(=O)c1cc(OCCCO)ccc1N. The minimum Gasteiger partial charge on any atom is -0.493 e. The summed E-state index contributed by atoms with van der Waals surface area (Å²) in [5, 5.41) is 8.63. The van der Waals surface area contributed by atoms with Crippen LogP contribution in [0.3, 0.4) is 0 Å². The number of aliphatic hydroxyl groups is 1. The molecule has 0 unspecified atom stereocenters. The number of hydrogen-bond donors (Lipinski definition) is 2. The van der Waals surface area contributed by atoms with E-state index in [0.29, 0.717) is 36.6 Å². The Morgan fingerprint density at radius 1 is 1.47 bits per heavy atom. The summed E-state index contributed by atoms with van der Waals surface area (Å²) in [6, 6.07) is 4.82. The summed E-state index contributed by atoms with van der Waals surface area (Å²) in [5.41, 5.74) is 6.34. The van der Waals surface area contributed by atoms with Gasteiger partial charge in [0.2, 0.25) is 0 Å². The van der Waals surface area contributed by atoms with Gasteiger partial charge in [0.15, 0.2) is 0 Å². The predicted octanol–water partition coefficient (Wildman–Crippen LogP) is 1.21. The number of nitrogens with two attached hydrogens (primary N) is 1. The fourth-order valence-corrected chi connectivity index (χ4v) is 1.27. The normalized spacial score (nSPS) is 10.0. The van der Waals surface area contributed by atoms with Crippen LogP contribution in [0.25, 0.3) is 0 Å². The van der Waals surface area contributed by atoms with Crippen molar-refractivity contribution in [1.29, 1.82) is 0 Å². The zero-order chi connectivity index (χ0) is 12.7. The number of nitrogen functional groups attached to an aromatic ring is 1. The van der Waals surface area contributed by atoms with Crippen molar-refractivity contribution >= 4 is 11.7 Å². The highest BCUT2D eigenvalue weighted by molar-refractivity contribution is 5.95. The van der Waals surface area contributed by atoms with E-state index in [-0.39, 0.29) is 6.61 Å². The van der Waals surface area contributed by atoms with E-state index in [1.54, 1.807) is 25.1 Å². The Morgan fingerprint density at radius 3 is 2.88 bits per heavy atom. The quantitative estimate of drug-likeness (QED) is 0.443. The molecule has 94 valence electrons. The van der Waals surface area contributed by atoms with Crippen molar-refractivity contribution in [3.8, 4) is 5.75 Å². The van der Waals surface area contributed by atoms with E-state index in [1.807, 2.05) is 0 Å². The van der Waals surface area contributed by atoms with E-state index in [1.165, 1.54) is 0 Å². The van der Waals surface area contributed by atoms with Crippen LogP contribution in [0.2, 0.25) is 0 Å². The molecule has 0 aliphatic heterocycles. The van der Waals surface area contributed by atoms with Crippen LogP contribution < -0.4 is 10.5 Å². The molecule has 0 fully saturated rings. The van der Waals surface area contributed by atoms with Crippen molar-refractivity contribution in [3.05, 3.63) is 23.8 Å². The van der Waals surface area contributed by atoms with Crippen LogP contribution in [0.4, 0.5) is 5.69 Å². The molecule has 0 amide bonds. The lowest BCUT2D eigenvalue weighted by atomic mass is 10.2. The Morgan fingerprint density at radius 2 is 2.24 bits per heavy atom. The molecule has 5 nitrogen and oxygen atoms in total. The summed E-state index contributed by atoms with van der Waals surface area (Å²) in [6.07, 6.45) is 0.541. The molecule has 0 aliphatic carbocycles. The third-order valence-corrected chi connectivity index (χ3v) is 2.09. The fraction of sp³-hybridized carbons (Fsp3) is 0.417. The van der Waals surface area contributed by atoms with Gasteiger partial charge in [-0.25, -0.2) is 4.79 Å². The lowest BCUT2D eigenvalue weighted by Gasteiger charge is -2.09. The molecule has 0 atom stereocenters. The van der Waals surface area contributed by atoms with Gasteiger partial charge in [-0.2, -0.15) is 0 Å². The lowest BCUT2D eigenvalue weighted by Crippen LogP contribution is -2.09. The summed E-state index contributed by atoms with van der Waals surface area (Å²) in [4.78, 5) is 11.5. The van der Waals surface area contributed by atoms with Gasteiger partial charge in [-0.1, -0.05) is 0 Å². The standard InChI is InChI=1S/C12H17NO4/c1-2-16-12(15)10-8-9(4-5-11(10)13)17-7-3-6-14/h4-5,8,14H,2-3,6-7,13H2,1H3. The molecule has 0 aliphatic rings. The van der Waals surface area contributed by atoms with E-state index in [9.17, 15) is 4.79 Å². The molecule has 5 heteroatoms. The number of ether oxygens (including phenoxy) is 2. The second-order valence-electron chi connectivity index (χ2n) is 3.40. The second kappa shape index (κ2) is 6.75. The summed E-state index contributed by atoms with van der Waals surface area (Å²) in [6.45, 7) is 2.49. The van der Waals surface area contributed by atoms with E-state index >= 15 is 0 Å². The number of esters is 1. The minimum atomic E-state index is -0.461. The van der Waals surface area contributed by atoms with Gasteiger partial charge in [-0.3, -0.25) is 0 Å². The fourth-order valence-electron chi connectivity index (χ4n) is 1.27.